The maximum Gasteiger partial charge on any atom is 0.127 e. The molecule has 5 aliphatic rings. The number of methoxy groups -OCH3 is 1. The molecule has 3 heterocycles. The van der Waals surface area contributed by atoms with E-state index >= 15 is 0 Å². The number of piperidine rings is 1. The van der Waals surface area contributed by atoms with Crippen molar-refractivity contribution in [2.24, 2.45) is 27.6 Å². The number of anilines is 1. The molecule has 9 nitrogen and oxygen atoms in total. The van der Waals surface area contributed by atoms with Crippen LogP contribution in [0.2, 0.25) is 0 Å². The number of hydrogen-bond acceptors (Lipinski definition) is 8. The number of aliphatic imine (C=N–C) groups is 2. The zero-order chi connectivity index (χ0) is 31.2. The molecule has 0 spiro atoms. The molecule has 0 amide bonds. The monoisotopic (exact) mass is 610 g/mol. The van der Waals surface area contributed by atoms with Gasteiger partial charge in [0.05, 0.1) is 18.4 Å². The average Bonchev–Trinajstić information content (AvgIpc) is 3.31. The molecule has 3 atom stereocenters. The van der Waals surface area contributed by atoms with Gasteiger partial charge in [0.1, 0.15) is 17.8 Å². The van der Waals surface area contributed by atoms with E-state index < -0.39 is 0 Å². The van der Waals surface area contributed by atoms with E-state index in [1.807, 2.05) is 6.08 Å². The summed E-state index contributed by atoms with van der Waals surface area (Å²) in [7, 11) is 3.83. The summed E-state index contributed by atoms with van der Waals surface area (Å²) >= 11 is 0. The summed E-state index contributed by atoms with van der Waals surface area (Å²) < 4.78 is 5.21. The summed E-state index contributed by atoms with van der Waals surface area (Å²) in [5, 5.41) is 16.6. The van der Waals surface area contributed by atoms with Gasteiger partial charge in [0, 0.05) is 54.9 Å². The van der Waals surface area contributed by atoms with Crippen LogP contribution in [-0.2, 0) is 4.74 Å². The largest absolute Gasteiger partial charge is 0.387 e. The lowest BCUT2D eigenvalue weighted by Crippen LogP contribution is -2.54. The molecule has 3 aliphatic heterocycles. The van der Waals surface area contributed by atoms with E-state index in [0.717, 1.165) is 62.2 Å². The SMILES string of the molecule is CNC1([C@H]2C=CC(N(C(=N)C3CC=CN=C3N)C3CCC=CC(c4cccc(N5CCC(NCOC)CC5)c4)=N3)=CC2)CCC1. The fourth-order valence-electron chi connectivity index (χ4n) is 7.47. The number of nitrogens with zero attached hydrogens (tertiary/aromatic N) is 4. The Hall–Kier alpha value is -3.53. The molecule has 9 heteroatoms. The Bertz CT molecular complexity index is 1390. The second-order valence-corrected chi connectivity index (χ2v) is 13.0. The van der Waals surface area contributed by atoms with Gasteiger partial charge in [0.25, 0.3) is 0 Å². The Morgan fingerprint density at radius 1 is 1.16 bits per heavy atom. The van der Waals surface area contributed by atoms with E-state index in [4.69, 9.17) is 15.5 Å². The molecule has 0 bridgehead atoms. The lowest BCUT2D eigenvalue weighted by Gasteiger charge is -2.48. The highest BCUT2D eigenvalue weighted by Crippen LogP contribution is 2.42. The number of amidine groups is 2. The van der Waals surface area contributed by atoms with Crippen molar-refractivity contribution in [1.82, 2.24) is 15.5 Å². The Labute approximate surface area is 268 Å². The number of rotatable bonds is 10. The molecule has 0 radical (unpaired) electrons. The highest BCUT2D eigenvalue weighted by molar-refractivity contribution is 6.10. The van der Waals surface area contributed by atoms with Crippen LogP contribution in [0.1, 0.15) is 63.4 Å². The summed E-state index contributed by atoms with van der Waals surface area (Å²) in [4.78, 5) is 14.4. The van der Waals surface area contributed by atoms with Crippen molar-refractivity contribution in [3.05, 3.63) is 78.2 Å². The Morgan fingerprint density at radius 2 is 2.00 bits per heavy atom. The predicted octanol–water partition coefficient (Wildman–Crippen LogP) is 5.09. The minimum Gasteiger partial charge on any atom is -0.387 e. The van der Waals surface area contributed by atoms with Crippen molar-refractivity contribution in [2.75, 3.05) is 38.9 Å². The molecule has 1 aromatic rings. The minimum atomic E-state index is -0.267. The number of ether oxygens (including phenoxy) is 1. The fraction of sp³-hybridized carbons (Fsp3) is 0.528. The third kappa shape index (κ3) is 6.86. The predicted molar refractivity (Wildman–Crippen MR) is 185 cm³/mol. The van der Waals surface area contributed by atoms with Crippen LogP contribution in [0.4, 0.5) is 5.69 Å². The first-order chi connectivity index (χ1) is 22.0. The lowest BCUT2D eigenvalue weighted by molar-refractivity contribution is 0.139. The van der Waals surface area contributed by atoms with Crippen LogP contribution in [0.15, 0.2) is 82.6 Å². The first-order valence-corrected chi connectivity index (χ1v) is 16.8. The zero-order valence-electron chi connectivity index (χ0n) is 26.9. The molecule has 2 fully saturated rings. The summed E-state index contributed by atoms with van der Waals surface area (Å²) in [6.07, 6.45) is 24.1. The summed E-state index contributed by atoms with van der Waals surface area (Å²) in [5.41, 5.74) is 10.9. The van der Waals surface area contributed by atoms with E-state index in [0.29, 0.717) is 36.8 Å². The normalized spacial score (nSPS) is 26.4. The Kier molecular flexibility index (Phi) is 9.97. The van der Waals surface area contributed by atoms with Crippen molar-refractivity contribution in [2.45, 2.75) is 75.5 Å². The van der Waals surface area contributed by atoms with Crippen molar-refractivity contribution in [3.8, 4) is 0 Å². The van der Waals surface area contributed by atoms with Crippen molar-refractivity contribution >= 4 is 23.1 Å². The maximum absolute atomic E-state index is 9.50. The minimum absolute atomic E-state index is 0.195. The van der Waals surface area contributed by atoms with E-state index in [2.05, 4.69) is 87.1 Å². The molecule has 5 N–H and O–H groups in total. The van der Waals surface area contributed by atoms with E-state index in [-0.39, 0.29) is 17.6 Å². The molecule has 1 aromatic carbocycles. The van der Waals surface area contributed by atoms with Gasteiger partial charge >= 0.3 is 0 Å². The van der Waals surface area contributed by atoms with Gasteiger partial charge in [-0.25, -0.2) is 4.99 Å². The van der Waals surface area contributed by atoms with Crippen LogP contribution in [0.25, 0.3) is 0 Å². The quantitative estimate of drug-likeness (QED) is 0.167. The van der Waals surface area contributed by atoms with Gasteiger partial charge in [0.15, 0.2) is 0 Å². The van der Waals surface area contributed by atoms with E-state index in [1.54, 1.807) is 13.3 Å². The molecule has 2 aliphatic carbocycles. The third-order valence-electron chi connectivity index (χ3n) is 10.4. The zero-order valence-corrected chi connectivity index (χ0v) is 26.9. The highest BCUT2D eigenvalue weighted by Gasteiger charge is 2.42. The molecular formula is C36H50N8O. The molecule has 0 aromatic heterocycles. The van der Waals surface area contributed by atoms with E-state index in [9.17, 15) is 5.41 Å². The van der Waals surface area contributed by atoms with Gasteiger partial charge in [-0.05, 0) is 95.0 Å². The van der Waals surface area contributed by atoms with Crippen molar-refractivity contribution in [1.29, 1.82) is 5.41 Å². The van der Waals surface area contributed by atoms with Crippen LogP contribution in [0, 0.1) is 17.2 Å². The smallest absolute Gasteiger partial charge is 0.127 e. The van der Waals surface area contributed by atoms with Gasteiger partial charge in [-0.2, -0.15) is 0 Å². The van der Waals surface area contributed by atoms with Gasteiger partial charge in [-0.15, -0.1) is 0 Å². The molecular weight excluding hydrogens is 560 g/mol. The molecule has 2 unspecified atom stereocenters. The number of nitrogens with one attached hydrogen (secondary N) is 3. The average molecular weight is 611 g/mol. The van der Waals surface area contributed by atoms with Crippen molar-refractivity contribution < 1.29 is 4.74 Å². The maximum atomic E-state index is 9.50. The number of hydrogen-bond donors (Lipinski definition) is 4. The van der Waals surface area contributed by atoms with Gasteiger partial charge in [0.2, 0.25) is 0 Å². The molecule has 240 valence electrons. The number of nitrogens with two attached hydrogens (primary N) is 1. The molecule has 1 saturated heterocycles. The molecule has 45 heavy (non-hydrogen) atoms. The number of benzene rings is 1. The third-order valence-corrected chi connectivity index (χ3v) is 10.4. The summed E-state index contributed by atoms with van der Waals surface area (Å²) in [6.45, 7) is 2.62. The first kappa shape index (κ1) is 31.5. The Balaban J connectivity index is 1.26. The number of allylic oxidation sites excluding steroid dienone is 5. The molecule has 6 rings (SSSR count). The lowest BCUT2D eigenvalue weighted by atomic mass is 9.66. The fourth-order valence-corrected chi connectivity index (χ4v) is 7.47. The van der Waals surface area contributed by atoms with Crippen LogP contribution >= 0.6 is 0 Å². The van der Waals surface area contributed by atoms with Crippen LogP contribution in [0.5, 0.6) is 0 Å². The van der Waals surface area contributed by atoms with Gasteiger partial charge < -0.3 is 25.6 Å². The van der Waals surface area contributed by atoms with Crippen molar-refractivity contribution in [3.63, 3.8) is 0 Å². The van der Waals surface area contributed by atoms with E-state index in [1.165, 1.54) is 24.9 Å². The summed E-state index contributed by atoms with van der Waals surface area (Å²) in [6, 6.07) is 9.29. The highest BCUT2D eigenvalue weighted by atomic mass is 16.5. The van der Waals surface area contributed by atoms with Crippen LogP contribution < -0.4 is 21.3 Å². The Morgan fingerprint density at radius 3 is 2.69 bits per heavy atom. The first-order valence-electron chi connectivity index (χ1n) is 16.8. The van der Waals surface area contributed by atoms with Gasteiger partial charge in [-0.1, -0.05) is 36.4 Å². The standard InChI is InChI=1S/C36H50N8O/c1-39-36(19-7-20-36)27-13-15-29(16-14-27)44(35(38)31-10-6-21-40-34(31)37)33-12-4-3-11-32(42-33)26-8-5-9-30(24-26)43-22-17-28(18-23-43)41-25-45-2/h3,5-6,8-9,11,13,15-16,21,24,27-28,31,33,38-39,41H,4,7,10,12,14,17-20,22-23,25H2,1-2H3,(H2,37,40)/t27-,31?,33?/m0/s1. The second-order valence-electron chi connectivity index (χ2n) is 13.0. The van der Waals surface area contributed by atoms with Crippen LogP contribution in [-0.4, -0.2) is 74.0 Å². The molecule has 1 saturated carbocycles. The summed E-state index contributed by atoms with van der Waals surface area (Å²) in [5.74, 6) is 1.16. The topological polar surface area (TPSA) is 114 Å². The van der Waals surface area contributed by atoms with Crippen LogP contribution in [0.3, 0.4) is 0 Å². The second kappa shape index (κ2) is 14.3. The van der Waals surface area contributed by atoms with Gasteiger partial charge in [-0.3, -0.25) is 15.7 Å².